The molecule has 27 heavy (non-hydrogen) atoms. The Kier molecular flexibility index (Phi) is 5.79. The monoisotopic (exact) mass is 408 g/mol. The Morgan fingerprint density at radius 3 is 2.41 bits per heavy atom. The van der Waals surface area contributed by atoms with Gasteiger partial charge in [0, 0.05) is 13.1 Å². The normalized spacial score (nSPS) is 12.7. The van der Waals surface area contributed by atoms with Crippen LogP contribution >= 0.6 is 11.6 Å². The molecule has 0 amide bonds. The van der Waals surface area contributed by atoms with Crippen LogP contribution in [0, 0.1) is 5.82 Å². The minimum Gasteiger partial charge on any atom is -0.468 e. The quantitative estimate of drug-likeness (QED) is 0.441. The number of benzene rings is 1. The van der Waals surface area contributed by atoms with E-state index in [1.54, 1.807) is 0 Å². The van der Waals surface area contributed by atoms with Crippen molar-refractivity contribution in [1.82, 2.24) is 9.13 Å². The Bertz CT molecular complexity index is 997. The predicted octanol–water partition coefficient (Wildman–Crippen LogP) is 2.02. The number of nitrogens with zero attached hydrogens (tertiary/aromatic N) is 2. The maximum atomic E-state index is 14.4. The molecule has 0 fully saturated rings. The molecule has 0 bridgehead atoms. The van der Waals surface area contributed by atoms with E-state index < -0.39 is 46.0 Å². The Balaban J connectivity index is 2.51. The van der Waals surface area contributed by atoms with E-state index in [1.807, 2.05) is 0 Å². The van der Waals surface area contributed by atoms with Gasteiger partial charge in [0.2, 0.25) is 0 Å². The van der Waals surface area contributed by atoms with Crippen LogP contribution in [-0.2, 0) is 29.2 Å². The molecule has 11 heteroatoms. The van der Waals surface area contributed by atoms with Crippen LogP contribution in [-0.4, -0.2) is 27.6 Å². The lowest BCUT2D eigenvalue weighted by atomic mass is 10.1. The van der Waals surface area contributed by atoms with Crippen molar-refractivity contribution in [3.8, 4) is 5.69 Å². The first-order valence-corrected chi connectivity index (χ1v) is 7.82. The van der Waals surface area contributed by atoms with Crippen LogP contribution in [0.5, 0.6) is 0 Å². The number of rotatable bonds is 4. The van der Waals surface area contributed by atoms with Gasteiger partial charge in [-0.1, -0.05) is 6.07 Å². The van der Waals surface area contributed by atoms with Gasteiger partial charge in [0.05, 0.1) is 12.8 Å². The van der Waals surface area contributed by atoms with Crippen LogP contribution < -0.4 is 11.2 Å². The predicted molar refractivity (Wildman–Crippen MR) is 87.6 cm³/mol. The molecule has 0 spiro atoms. The lowest BCUT2D eigenvalue weighted by Crippen LogP contribution is -2.41. The van der Waals surface area contributed by atoms with Gasteiger partial charge in [0.1, 0.15) is 16.9 Å². The third-order valence-electron chi connectivity index (χ3n) is 3.74. The third-order valence-corrected chi connectivity index (χ3v) is 4.07. The van der Waals surface area contributed by atoms with Crippen molar-refractivity contribution in [1.29, 1.82) is 0 Å². The zero-order valence-electron chi connectivity index (χ0n) is 14.0. The summed E-state index contributed by atoms with van der Waals surface area (Å²) in [5.41, 5.74) is -4.40. The zero-order chi connectivity index (χ0) is 20.5. The lowest BCUT2D eigenvalue weighted by Gasteiger charge is -2.14. The van der Waals surface area contributed by atoms with Crippen LogP contribution in [0.4, 0.5) is 17.6 Å². The molecule has 146 valence electrons. The first-order chi connectivity index (χ1) is 12.5. The van der Waals surface area contributed by atoms with Crippen molar-refractivity contribution in [3.63, 3.8) is 0 Å². The van der Waals surface area contributed by atoms with Crippen molar-refractivity contribution in [2.45, 2.75) is 18.0 Å². The fourth-order valence-corrected chi connectivity index (χ4v) is 2.66. The second-order valence-corrected chi connectivity index (χ2v) is 6.05. The fraction of sp³-hybridized carbons (Fsp3) is 0.312. The number of halogens is 5. The van der Waals surface area contributed by atoms with Gasteiger partial charge < -0.3 is 4.74 Å². The maximum Gasteiger partial charge on any atom is 0.431 e. The topological polar surface area (TPSA) is 70.3 Å². The Hall–Kier alpha value is -2.62. The summed E-state index contributed by atoms with van der Waals surface area (Å²) in [6.45, 7) is 0. The number of alkyl halides is 4. The largest absolute Gasteiger partial charge is 0.468 e. The minimum absolute atomic E-state index is 0.0919. The molecule has 1 atom stereocenters. The Labute approximate surface area is 154 Å². The summed E-state index contributed by atoms with van der Waals surface area (Å²) in [6.07, 6.45) is -5.01. The maximum absolute atomic E-state index is 14.4. The van der Waals surface area contributed by atoms with Crippen molar-refractivity contribution in [2.24, 2.45) is 7.05 Å². The molecule has 2 rings (SSSR count). The van der Waals surface area contributed by atoms with Gasteiger partial charge in [-0.2, -0.15) is 13.2 Å². The molecule has 1 aromatic carbocycles. The summed E-state index contributed by atoms with van der Waals surface area (Å²) in [4.78, 5) is 35.5. The van der Waals surface area contributed by atoms with Crippen LogP contribution in [0.2, 0.25) is 0 Å². The van der Waals surface area contributed by atoms with E-state index >= 15 is 0 Å². The van der Waals surface area contributed by atoms with Crippen LogP contribution in [0.15, 0.2) is 33.9 Å². The zero-order valence-corrected chi connectivity index (χ0v) is 14.8. The first kappa shape index (κ1) is 20.7. The second kappa shape index (κ2) is 7.55. The van der Waals surface area contributed by atoms with Gasteiger partial charge in [0.25, 0.3) is 5.56 Å². The number of methoxy groups -OCH3 is 1. The highest BCUT2D eigenvalue weighted by Crippen LogP contribution is 2.27. The molecule has 1 aromatic heterocycles. The summed E-state index contributed by atoms with van der Waals surface area (Å²) in [6, 6.07) is 3.47. The molecule has 1 heterocycles. The highest BCUT2D eigenvalue weighted by molar-refractivity contribution is 6.30. The molecule has 2 aromatic rings. The molecule has 0 aliphatic rings. The summed E-state index contributed by atoms with van der Waals surface area (Å²) in [5.74, 6) is -1.77. The summed E-state index contributed by atoms with van der Waals surface area (Å²) < 4.78 is 57.9. The molecule has 0 N–H and O–H groups in total. The van der Waals surface area contributed by atoms with E-state index in [9.17, 15) is 31.9 Å². The molecule has 1 unspecified atom stereocenters. The molecule has 0 saturated carbocycles. The number of carbonyl (C=O) groups is 1. The van der Waals surface area contributed by atoms with Crippen molar-refractivity contribution in [2.75, 3.05) is 7.11 Å². The summed E-state index contributed by atoms with van der Waals surface area (Å²) in [7, 11) is 1.95. The molecule has 0 aliphatic carbocycles. The van der Waals surface area contributed by atoms with Gasteiger partial charge in [-0.15, -0.1) is 11.6 Å². The molecule has 6 nitrogen and oxygen atoms in total. The SMILES string of the molecule is COC(=O)C(Cl)Cc1ccc(-n2c(=O)cc(C(F)(F)F)n(C)c2=O)c(F)c1. The Morgan fingerprint density at radius 1 is 1.26 bits per heavy atom. The second-order valence-electron chi connectivity index (χ2n) is 5.52. The van der Waals surface area contributed by atoms with Crippen LogP contribution in [0.25, 0.3) is 5.69 Å². The van der Waals surface area contributed by atoms with E-state index in [-0.39, 0.29) is 27.2 Å². The van der Waals surface area contributed by atoms with Gasteiger partial charge in [0.15, 0.2) is 0 Å². The number of esters is 1. The number of hydrogen-bond acceptors (Lipinski definition) is 4. The fourth-order valence-electron chi connectivity index (χ4n) is 2.40. The summed E-state index contributed by atoms with van der Waals surface area (Å²) in [5, 5.41) is -1.08. The molecular weight excluding hydrogens is 396 g/mol. The molecule has 0 radical (unpaired) electrons. The minimum atomic E-state index is -4.92. The smallest absolute Gasteiger partial charge is 0.431 e. The highest BCUT2D eigenvalue weighted by Gasteiger charge is 2.35. The average Bonchev–Trinajstić information content (AvgIpc) is 2.58. The van der Waals surface area contributed by atoms with E-state index in [4.69, 9.17) is 11.6 Å². The van der Waals surface area contributed by atoms with Crippen LogP contribution in [0.3, 0.4) is 0 Å². The van der Waals surface area contributed by atoms with Gasteiger partial charge >= 0.3 is 17.8 Å². The van der Waals surface area contributed by atoms with E-state index in [0.717, 1.165) is 26.3 Å². The lowest BCUT2D eigenvalue weighted by molar-refractivity contribution is -0.144. The number of carbonyl (C=O) groups excluding carboxylic acids is 1. The standard InChI is InChI=1S/C16H13ClF4N2O4/c1-22-12(16(19,20)21)7-13(24)23(15(22)26)11-4-3-8(6-10(11)18)5-9(17)14(25)27-2/h3-4,6-7,9H,5H2,1-2H3. The summed E-state index contributed by atoms with van der Waals surface area (Å²) >= 11 is 5.79. The highest BCUT2D eigenvalue weighted by atomic mass is 35.5. The van der Waals surface area contributed by atoms with E-state index in [0.29, 0.717) is 0 Å². The van der Waals surface area contributed by atoms with E-state index in [2.05, 4.69) is 4.74 Å². The number of hydrogen-bond donors (Lipinski definition) is 0. The Morgan fingerprint density at radius 2 is 1.89 bits per heavy atom. The van der Waals surface area contributed by atoms with Crippen LogP contribution in [0.1, 0.15) is 11.3 Å². The van der Waals surface area contributed by atoms with Crippen molar-refractivity contribution in [3.05, 3.63) is 62.2 Å². The van der Waals surface area contributed by atoms with Crippen molar-refractivity contribution < 1.29 is 27.1 Å². The van der Waals surface area contributed by atoms with Crippen molar-refractivity contribution >= 4 is 17.6 Å². The van der Waals surface area contributed by atoms with Gasteiger partial charge in [-0.25, -0.2) is 13.8 Å². The first-order valence-electron chi connectivity index (χ1n) is 7.38. The average molecular weight is 409 g/mol. The molecular formula is C16H13ClF4N2O4. The molecule has 0 aliphatic heterocycles. The number of ether oxygens (including phenoxy) is 1. The third kappa shape index (κ3) is 4.21. The van der Waals surface area contributed by atoms with Gasteiger partial charge in [-0.3, -0.25) is 14.2 Å². The van der Waals surface area contributed by atoms with Gasteiger partial charge in [-0.05, 0) is 24.1 Å². The molecule has 0 saturated heterocycles. The van der Waals surface area contributed by atoms with E-state index in [1.165, 1.54) is 6.07 Å². The number of aromatic nitrogens is 2.